The smallest absolute Gasteiger partial charge is 0.296 e. The lowest BCUT2D eigenvalue weighted by molar-refractivity contribution is -0.467. The van der Waals surface area contributed by atoms with E-state index in [-0.39, 0.29) is 0 Å². The van der Waals surface area contributed by atoms with E-state index in [9.17, 15) is 14.9 Å². The highest BCUT2D eigenvalue weighted by molar-refractivity contribution is 5.91. The summed E-state index contributed by atoms with van der Waals surface area (Å²) in [7, 11) is 0. The average Bonchev–Trinajstić information content (AvgIpc) is 2.31. The number of benzene rings is 1. The highest BCUT2D eigenvalue weighted by Gasteiger charge is 2.09. The molecule has 1 amide bonds. The van der Waals surface area contributed by atoms with Gasteiger partial charge in [0.25, 0.3) is 12.5 Å². The fraction of sp³-hybridized carbons (Fsp3) is 0.417. The Labute approximate surface area is 106 Å². The van der Waals surface area contributed by atoms with Crippen LogP contribution in [0.15, 0.2) is 24.3 Å². The van der Waals surface area contributed by atoms with Crippen molar-refractivity contribution in [1.82, 2.24) is 0 Å². The van der Waals surface area contributed by atoms with Crippen LogP contribution in [0.5, 0.6) is 0 Å². The van der Waals surface area contributed by atoms with Crippen LogP contribution >= 0.6 is 0 Å². The molecular weight excluding hydrogens is 234 g/mol. The van der Waals surface area contributed by atoms with Crippen LogP contribution in [0.4, 0.5) is 11.4 Å². The van der Waals surface area contributed by atoms with Crippen LogP contribution in [0.2, 0.25) is 0 Å². The van der Waals surface area contributed by atoms with E-state index in [1.54, 1.807) is 12.1 Å². The first-order valence-corrected chi connectivity index (χ1v) is 5.83. The Morgan fingerprint density at radius 3 is 2.28 bits per heavy atom. The lowest BCUT2D eigenvalue weighted by Crippen LogP contribution is -2.22. The molecule has 1 aromatic carbocycles. The average molecular weight is 251 g/mol. The van der Waals surface area contributed by atoms with Gasteiger partial charge < -0.3 is 10.2 Å². The number of carbonyl (C=O) groups is 1. The minimum absolute atomic E-state index is 0.567. The maximum absolute atomic E-state index is 11.2. The second-order valence-corrected chi connectivity index (χ2v) is 3.76. The van der Waals surface area contributed by atoms with Crippen molar-refractivity contribution in [1.29, 1.82) is 0 Å². The molecule has 1 N–H and O–H groups in total. The molecule has 0 aliphatic rings. The molecule has 0 radical (unpaired) electrons. The Kier molecular flexibility index (Phi) is 5.10. The largest absolute Gasteiger partial charge is 0.372 e. The maximum Gasteiger partial charge on any atom is 0.296 e. The molecular formula is C12H17N3O3. The third-order valence-electron chi connectivity index (χ3n) is 2.55. The second-order valence-electron chi connectivity index (χ2n) is 3.76. The van der Waals surface area contributed by atoms with Gasteiger partial charge in [-0.2, -0.15) is 0 Å². The number of rotatable bonds is 6. The molecule has 98 valence electrons. The number of nitrogens with zero attached hydrogens (tertiary/aromatic N) is 2. The zero-order chi connectivity index (χ0) is 13.5. The van der Waals surface area contributed by atoms with Crippen LogP contribution in [-0.2, 0) is 4.79 Å². The molecule has 0 unspecified atom stereocenters. The Morgan fingerprint density at radius 1 is 1.28 bits per heavy atom. The van der Waals surface area contributed by atoms with Gasteiger partial charge in [0, 0.05) is 29.4 Å². The van der Waals surface area contributed by atoms with Gasteiger partial charge in [-0.05, 0) is 38.1 Å². The molecule has 0 atom stereocenters. The summed E-state index contributed by atoms with van der Waals surface area (Å²) >= 11 is 0. The summed E-state index contributed by atoms with van der Waals surface area (Å²) in [6, 6.07) is 7.25. The fourth-order valence-electron chi connectivity index (χ4n) is 1.66. The number of hydrogen-bond acceptors (Lipinski definition) is 4. The number of hydrogen-bond donors (Lipinski definition) is 1. The summed E-state index contributed by atoms with van der Waals surface area (Å²) in [5.74, 6) is -0.615. The van der Waals surface area contributed by atoms with Gasteiger partial charge in [-0.15, -0.1) is 0 Å². The second kappa shape index (κ2) is 6.58. The monoisotopic (exact) mass is 251 g/mol. The quantitative estimate of drug-likeness (QED) is 0.617. The van der Waals surface area contributed by atoms with Crippen molar-refractivity contribution in [3.63, 3.8) is 0 Å². The third kappa shape index (κ3) is 4.04. The lowest BCUT2D eigenvalue weighted by Gasteiger charge is -2.21. The van der Waals surface area contributed by atoms with E-state index in [1.807, 2.05) is 12.1 Å². The van der Waals surface area contributed by atoms with E-state index in [0.717, 1.165) is 18.8 Å². The lowest BCUT2D eigenvalue weighted by atomic mass is 10.2. The predicted molar refractivity (Wildman–Crippen MR) is 70.5 cm³/mol. The van der Waals surface area contributed by atoms with Gasteiger partial charge in [0.05, 0.1) is 0 Å². The van der Waals surface area contributed by atoms with E-state index in [1.165, 1.54) is 0 Å². The molecule has 0 aromatic heterocycles. The Bertz CT molecular complexity index is 413. The van der Waals surface area contributed by atoms with E-state index in [4.69, 9.17) is 0 Å². The van der Waals surface area contributed by atoms with E-state index >= 15 is 0 Å². The molecule has 1 rings (SSSR count). The maximum atomic E-state index is 11.2. The number of nitrogens with one attached hydrogen (secondary N) is 1. The van der Waals surface area contributed by atoms with Crippen molar-refractivity contribution < 1.29 is 9.72 Å². The Hall–Kier alpha value is -2.11. The minimum atomic E-state index is -0.711. The van der Waals surface area contributed by atoms with Crippen molar-refractivity contribution in [2.75, 3.05) is 29.9 Å². The number of amides is 1. The first-order chi connectivity index (χ1) is 8.56. The SMILES string of the molecule is CCN(CC)c1ccc(NC(=O)C[N+](=O)[O-])cc1. The van der Waals surface area contributed by atoms with Crippen molar-refractivity contribution in [3.8, 4) is 0 Å². The number of nitro groups is 1. The molecule has 0 saturated heterocycles. The molecule has 0 heterocycles. The van der Waals surface area contributed by atoms with Gasteiger partial charge in [-0.25, -0.2) is 0 Å². The predicted octanol–water partition coefficient (Wildman–Crippen LogP) is 1.75. The van der Waals surface area contributed by atoms with Gasteiger partial charge in [-0.3, -0.25) is 14.9 Å². The summed E-state index contributed by atoms with van der Waals surface area (Å²) in [5, 5.41) is 12.6. The van der Waals surface area contributed by atoms with Crippen LogP contribution in [0, 0.1) is 10.1 Å². The summed E-state index contributed by atoms with van der Waals surface area (Å²) in [6.45, 7) is 5.23. The highest BCUT2D eigenvalue weighted by atomic mass is 16.6. The summed E-state index contributed by atoms with van der Waals surface area (Å²) in [6.07, 6.45) is 0. The van der Waals surface area contributed by atoms with Gasteiger partial charge in [0.2, 0.25) is 0 Å². The van der Waals surface area contributed by atoms with Gasteiger partial charge in [-0.1, -0.05) is 0 Å². The molecule has 0 aliphatic carbocycles. The molecule has 0 saturated carbocycles. The first-order valence-electron chi connectivity index (χ1n) is 5.83. The molecule has 0 aliphatic heterocycles. The number of anilines is 2. The van der Waals surface area contributed by atoms with Crippen LogP contribution in [0.3, 0.4) is 0 Å². The van der Waals surface area contributed by atoms with Crippen molar-refractivity contribution in [2.45, 2.75) is 13.8 Å². The van der Waals surface area contributed by atoms with Gasteiger partial charge in [0.15, 0.2) is 0 Å². The molecule has 6 nitrogen and oxygen atoms in total. The van der Waals surface area contributed by atoms with Gasteiger partial charge in [0.1, 0.15) is 0 Å². The van der Waals surface area contributed by atoms with E-state index in [0.29, 0.717) is 5.69 Å². The molecule has 0 fully saturated rings. The van der Waals surface area contributed by atoms with Crippen LogP contribution in [0.1, 0.15) is 13.8 Å². The normalized spacial score (nSPS) is 9.89. The highest BCUT2D eigenvalue weighted by Crippen LogP contribution is 2.17. The topological polar surface area (TPSA) is 75.5 Å². The molecule has 1 aromatic rings. The summed E-state index contributed by atoms with van der Waals surface area (Å²) < 4.78 is 0. The molecule has 0 bridgehead atoms. The Morgan fingerprint density at radius 2 is 1.83 bits per heavy atom. The standard InChI is InChI=1S/C12H17N3O3/c1-3-14(4-2)11-7-5-10(6-8-11)13-12(16)9-15(17)18/h5-8H,3-4,9H2,1-2H3,(H,13,16). The zero-order valence-corrected chi connectivity index (χ0v) is 10.5. The molecule has 0 spiro atoms. The minimum Gasteiger partial charge on any atom is -0.372 e. The van der Waals surface area contributed by atoms with Crippen molar-refractivity contribution >= 4 is 17.3 Å². The van der Waals surface area contributed by atoms with Gasteiger partial charge >= 0.3 is 0 Å². The molecule has 18 heavy (non-hydrogen) atoms. The first kappa shape index (κ1) is 14.0. The summed E-state index contributed by atoms with van der Waals surface area (Å²) in [4.78, 5) is 22.9. The van der Waals surface area contributed by atoms with Crippen LogP contribution in [0.25, 0.3) is 0 Å². The Balaban J connectivity index is 2.65. The van der Waals surface area contributed by atoms with Crippen LogP contribution in [-0.4, -0.2) is 30.5 Å². The van der Waals surface area contributed by atoms with Crippen molar-refractivity contribution in [2.24, 2.45) is 0 Å². The van der Waals surface area contributed by atoms with Crippen LogP contribution < -0.4 is 10.2 Å². The number of carbonyl (C=O) groups excluding carboxylic acids is 1. The van der Waals surface area contributed by atoms with E-state index in [2.05, 4.69) is 24.1 Å². The summed E-state index contributed by atoms with van der Waals surface area (Å²) in [5.41, 5.74) is 1.63. The fourth-order valence-corrected chi connectivity index (χ4v) is 1.66. The third-order valence-corrected chi connectivity index (χ3v) is 2.55. The van der Waals surface area contributed by atoms with Crippen molar-refractivity contribution in [3.05, 3.63) is 34.4 Å². The molecule has 6 heteroatoms. The van der Waals surface area contributed by atoms with E-state index < -0.39 is 17.4 Å². The zero-order valence-electron chi connectivity index (χ0n) is 10.5.